The minimum Gasteiger partial charge on any atom is -0.444 e. The molecule has 1 aromatic heterocycles. The highest BCUT2D eigenvalue weighted by atomic mass is 16.6. The van der Waals surface area contributed by atoms with E-state index in [-0.39, 0.29) is 6.09 Å². The van der Waals surface area contributed by atoms with Crippen molar-refractivity contribution in [2.45, 2.75) is 38.6 Å². The summed E-state index contributed by atoms with van der Waals surface area (Å²) in [5.41, 5.74) is 1.16. The minimum absolute atomic E-state index is 0.331. The topological polar surface area (TPSA) is 68.7 Å². The van der Waals surface area contributed by atoms with Crippen LogP contribution in [0.1, 0.15) is 42.5 Å². The molecular formula is C15H18N2O4. The van der Waals surface area contributed by atoms with Gasteiger partial charge in [-0.2, -0.15) is 0 Å². The van der Waals surface area contributed by atoms with Gasteiger partial charge < -0.3 is 14.4 Å². The van der Waals surface area contributed by atoms with Crippen molar-refractivity contribution in [3.05, 3.63) is 29.1 Å². The molecule has 21 heavy (non-hydrogen) atoms. The predicted molar refractivity (Wildman–Crippen MR) is 73.9 cm³/mol. The summed E-state index contributed by atoms with van der Waals surface area (Å²) in [5, 5.41) is 0. The van der Waals surface area contributed by atoms with E-state index in [0.29, 0.717) is 25.4 Å². The molecular weight excluding hydrogens is 272 g/mol. The lowest BCUT2D eigenvalue weighted by Crippen LogP contribution is -2.61. The maximum atomic E-state index is 12.0. The molecule has 112 valence electrons. The SMILES string of the molecule is CC(C)(C)OC(=O)N1CC2(C1)OCc1nc(C=O)ccc12. The molecule has 1 spiro atoms. The Labute approximate surface area is 123 Å². The Balaban J connectivity index is 1.72. The van der Waals surface area contributed by atoms with Crippen molar-refractivity contribution in [1.29, 1.82) is 0 Å². The highest BCUT2D eigenvalue weighted by Gasteiger charge is 2.53. The summed E-state index contributed by atoms with van der Waals surface area (Å²) in [7, 11) is 0. The largest absolute Gasteiger partial charge is 0.444 e. The number of nitrogens with zero attached hydrogens (tertiary/aromatic N) is 2. The van der Waals surface area contributed by atoms with E-state index in [9.17, 15) is 9.59 Å². The molecule has 0 unspecified atom stereocenters. The van der Waals surface area contributed by atoms with Gasteiger partial charge in [-0.25, -0.2) is 9.78 Å². The van der Waals surface area contributed by atoms with Gasteiger partial charge in [0.25, 0.3) is 0 Å². The van der Waals surface area contributed by atoms with Crippen LogP contribution in [0.15, 0.2) is 12.1 Å². The van der Waals surface area contributed by atoms with Gasteiger partial charge in [-0.3, -0.25) is 4.79 Å². The van der Waals surface area contributed by atoms with E-state index in [1.165, 1.54) is 0 Å². The van der Waals surface area contributed by atoms with E-state index in [0.717, 1.165) is 17.5 Å². The van der Waals surface area contributed by atoms with Gasteiger partial charge in [0, 0.05) is 5.56 Å². The molecule has 0 saturated carbocycles. The number of pyridine rings is 1. The summed E-state index contributed by atoms with van der Waals surface area (Å²) >= 11 is 0. The van der Waals surface area contributed by atoms with Crippen molar-refractivity contribution in [2.24, 2.45) is 0 Å². The first kappa shape index (κ1) is 14.0. The summed E-state index contributed by atoms with van der Waals surface area (Å²) in [5.74, 6) is 0. The zero-order valence-corrected chi connectivity index (χ0v) is 12.4. The predicted octanol–water partition coefficient (Wildman–Crippen LogP) is 1.87. The second-order valence-corrected chi connectivity index (χ2v) is 6.47. The molecule has 0 atom stereocenters. The molecule has 6 heteroatoms. The Morgan fingerprint density at radius 2 is 2.14 bits per heavy atom. The standard InChI is InChI=1S/C15H18N2O4/c1-14(2,3)21-13(19)17-8-15(9-17)11-5-4-10(6-18)16-12(11)7-20-15/h4-6H,7-9H2,1-3H3. The van der Waals surface area contributed by atoms with E-state index in [4.69, 9.17) is 9.47 Å². The molecule has 0 radical (unpaired) electrons. The number of amides is 1. The Morgan fingerprint density at radius 1 is 1.43 bits per heavy atom. The first-order valence-corrected chi connectivity index (χ1v) is 6.90. The average Bonchev–Trinajstić information content (AvgIpc) is 2.73. The number of likely N-dealkylation sites (tertiary alicyclic amines) is 1. The van der Waals surface area contributed by atoms with Gasteiger partial charge in [-0.05, 0) is 26.8 Å². The number of hydrogen-bond donors (Lipinski definition) is 0. The second kappa shape index (κ2) is 4.53. The van der Waals surface area contributed by atoms with Gasteiger partial charge in [0.15, 0.2) is 6.29 Å². The summed E-state index contributed by atoms with van der Waals surface area (Å²) < 4.78 is 11.2. The Kier molecular flexibility index (Phi) is 3.02. The van der Waals surface area contributed by atoms with E-state index in [2.05, 4.69) is 4.98 Å². The number of rotatable bonds is 1. The minimum atomic E-state index is -0.505. The van der Waals surface area contributed by atoms with Crippen LogP contribution in [0.25, 0.3) is 0 Å². The van der Waals surface area contributed by atoms with Crippen LogP contribution in [0, 0.1) is 0 Å². The smallest absolute Gasteiger partial charge is 0.410 e. The molecule has 1 aromatic rings. The molecule has 2 aliphatic rings. The molecule has 3 rings (SSSR count). The van der Waals surface area contributed by atoms with Crippen LogP contribution < -0.4 is 0 Å². The average molecular weight is 290 g/mol. The van der Waals surface area contributed by atoms with Crippen LogP contribution in [-0.2, 0) is 21.7 Å². The van der Waals surface area contributed by atoms with Crippen LogP contribution in [0.4, 0.5) is 4.79 Å². The van der Waals surface area contributed by atoms with Crippen molar-refractivity contribution in [2.75, 3.05) is 13.1 Å². The van der Waals surface area contributed by atoms with E-state index < -0.39 is 11.2 Å². The molecule has 6 nitrogen and oxygen atoms in total. The summed E-state index contributed by atoms with van der Waals surface area (Å²) in [4.78, 5) is 28.6. The molecule has 1 amide bonds. The Bertz CT molecular complexity index is 600. The Hall–Kier alpha value is -1.95. The molecule has 0 N–H and O–H groups in total. The molecule has 0 bridgehead atoms. The van der Waals surface area contributed by atoms with Gasteiger partial charge in [0.2, 0.25) is 0 Å². The lowest BCUT2D eigenvalue weighted by Gasteiger charge is -2.47. The van der Waals surface area contributed by atoms with Gasteiger partial charge in [-0.1, -0.05) is 6.07 Å². The third-order valence-electron chi connectivity index (χ3n) is 3.64. The number of aldehydes is 1. The van der Waals surface area contributed by atoms with Crippen molar-refractivity contribution in [3.63, 3.8) is 0 Å². The third-order valence-corrected chi connectivity index (χ3v) is 3.64. The lowest BCUT2D eigenvalue weighted by molar-refractivity contribution is -0.137. The van der Waals surface area contributed by atoms with Crippen LogP contribution in [0.2, 0.25) is 0 Å². The molecule has 0 aromatic carbocycles. The number of ether oxygens (including phenoxy) is 2. The highest BCUT2D eigenvalue weighted by molar-refractivity contribution is 5.72. The molecule has 3 heterocycles. The number of fused-ring (bicyclic) bond motifs is 2. The van der Waals surface area contributed by atoms with Crippen LogP contribution >= 0.6 is 0 Å². The van der Waals surface area contributed by atoms with Crippen LogP contribution in [0.3, 0.4) is 0 Å². The van der Waals surface area contributed by atoms with Crippen molar-refractivity contribution < 1.29 is 19.1 Å². The summed E-state index contributed by atoms with van der Waals surface area (Å²) in [6, 6.07) is 3.55. The van der Waals surface area contributed by atoms with Crippen LogP contribution in [-0.4, -0.2) is 41.0 Å². The van der Waals surface area contributed by atoms with Gasteiger partial charge in [-0.15, -0.1) is 0 Å². The maximum absolute atomic E-state index is 12.0. The van der Waals surface area contributed by atoms with Crippen molar-refractivity contribution in [1.82, 2.24) is 9.88 Å². The molecule has 1 saturated heterocycles. The number of aromatic nitrogens is 1. The highest BCUT2D eigenvalue weighted by Crippen LogP contribution is 2.43. The summed E-state index contributed by atoms with van der Waals surface area (Å²) in [6.07, 6.45) is 0.390. The zero-order valence-electron chi connectivity index (χ0n) is 12.4. The first-order chi connectivity index (χ1) is 9.83. The monoisotopic (exact) mass is 290 g/mol. The number of carbonyl (C=O) groups excluding carboxylic acids is 2. The third kappa shape index (κ3) is 2.40. The quantitative estimate of drug-likeness (QED) is 0.739. The number of hydrogen-bond acceptors (Lipinski definition) is 5. The first-order valence-electron chi connectivity index (χ1n) is 6.90. The normalized spacial score (nSPS) is 19.1. The van der Waals surface area contributed by atoms with E-state index in [1.807, 2.05) is 26.8 Å². The summed E-state index contributed by atoms with van der Waals surface area (Å²) in [6.45, 7) is 6.80. The van der Waals surface area contributed by atoms with E-state index >= 15 is 0 Å². The molecule has 0 aliphatic carbocycles. The zero-order chi connectivity index (χ0) is 15.3. The van der Waals surface area contributed by atoms with Crippen molar-refractivity contribution >= 4 is 12.4 Å². The maximum Gasteiger partial charge on any atom is 0.410 e. The van der Waals surface area contributed by atoms with E-state index in [1.54, 1.807) is 11.0 Å². The lowest BCUT2D eigenvalue weighted by atomic mass is 9.87. The Morgan fingerprint density at radius 3 is 2.76 bits per heavy atom. The fraction of sp³-hybridized carbons (Fsp3) is 0.533. The molecule has 1 fully saturated rings. The van der Waals surface area contributed by atoms with Gasteiger partial charge in [0.1, 0.15) is 16.9 Å². The fourth-order valence-electron chi connectivity index (χ4n) is 2.68. The van der Waals surface area contributed by atoms with Crippen molar-refractivity contribution in [3.8, 4) is 0 Å². The van der Waals surface area contributed by atoms with Gasteiger partial charge >= 0.3 is 6.09 Å². The molecule has 2 aliphatic heterocycles. The number of carbonyl (C=O) groups is 2. The second-order valence-electron chi connectivity index (χ2n) is 6.47. The fourth-order valence-corrected chi connectivity index (χ4v) is 2.68. The van der Waals surface area contributed by atoms with Crippen LogP contribution in [0.5, 0.6) is 0 Å². The van der Waals surface area contributed by atoms with Gasteiger partial charge in [0.05, 0.1) is 25.4 Å².